The molecule has 10 rings (SSSR count). The van der Waals surface area contributed by atoms with Crippen molar-refractivity contribution in [3.63, 3.8) is 0 Å². The molecule has 5 heteroatoms. The topological polar surface area (TPSA) is 75.6 Å². The Labute approximate surface area is 329 Å². The highest BCUT2D eigenvalue weighted by Crippen LogP contribution is 2.40. The Hall–Kier alpha value is -7.94. The van der Waals surface area contributed by atoms with Crippen molar-refractivity contribution in [2.75, 3.05) is 0 Å². The van der Waals surface area contributed by atoms with E-state index in [0.29, 0.717) is 23.0 Å². The normalized spacial score (nSPS) is 11.1. The second-order valence-electron chi connectivity index (χ2n) is 13.9. The fraction of sp³-hybridized carbons (Fsp3) is 0. The first-order valence-electron chi connectivity index (χ1n) is 18.8. The van der Waals surface area contributed by atoms with Crippen molar-refractivity contribution in [1.82, 2.24) is 15.0 Å². The molecular formula is C52H32N4O. The number of furan rings is 1. The lowest BCUT2D eigenvalue weighted by Crippen LogP contribution is -2.01. The zero-order valence-corrected chi connectivity index (χ0v) is 30.7. The van der Waals surface area contributed by atoms with Crippen LogP contribution in [-0.4, -0.2) is 15.0 Å². The molecule has 0 atom stereocenters. The first-order valence-corrected chi connectivity index (χ1v) is 18.8. The molecule has 0 saturated heterocycles. The summed E-state index contributed by atoms with van der Waals surface area (Å²) in [4.78, 5) is 15.3. The van der Waals surface area contributed by atoms with Gasteiger partial charge in [0, 0.05) is 27.5 Å². The minimum Gasteiger partial charge on any atom is -0.456 e. The van der Waals surface area contributed by atoms with Gasteiger partial charge in [-0.3, -0.25) is 0 Å². The number of nitrogens with zero attached hydrogens (tertiary/aromatic N) is 4. The molecule has 57 heavy (non-hydrogen) atoms. The minimum atomic E-state index is 0.543. The molecule has 0 aliphatic carbocycles. The molecule has 8 aromatic carbocycles. The van der Waals surface area contributed by atoms with Crippen molar-refractivity contribution in [3.8, 4) is 84.7 Å². The van der Waals surface area contributed by atoms with Gasteiger partial charge in [0.25, 0.3) is 0 Å². The van der Waals surface area contributed by atoms with Gasteiger partial charge in [0.15, 0.2) is 17.5 Å². The maximum atomic E-state index is 9.60. The van der Waals surface area contributed by atoms with Crippen molar-refractivity contribution >= 4 is 21.9 Å². The first kappa shape index (κ1) is 33.6. The summed E-state index contributed by atoms with van der Waals surface area (Å²) in [6.07, 6.45) is 0. The lowest BCUT2D eigenvalue weighted by atomic mass is 9.93. The molecule has 0 fully saturated rings. The predicted molar refractivity (Wildman–Crippen MR) is 230 cm³/mol. The van der Waals surface area contributed by atoms with Crippen molar-refractivity contribution in [2.45, 2.75) is 0 Å². The van der Waals surface area contributed by atoms with Gasteiger partial charge < -0.3 is 4.42 Å². The molecule has 5 nitrogen and oxygen atoms in total. The second kappa shape index (κ2) is 14.4. The highest BCUT2D eigenvalue weighted by Gasteiger charge is 2.19. The van der Waals surface area contributed by atoms with Crippen LogP contribution in [0.5, 0.6) is 0 Å². The highest BCUT2D eigenvalue weighted by atomic mass is 16.3. The lowest BCUT2D eigenvalue weighted by molar-refractivity contribution is 0.669. The molecule has 0 N–H and O–H groups in total. The monoisotopic (exact) mass is 728 g/mol. The highest BCUT2D eigenvalue weighted by molar-refractivity contribution is 6.13. The average molecular weight is 729 g/mol. The second-order valence-corrected chi connectivity index (χ2v) is 13.9. The summed E-state index contributed by atoms with van der Waals surface area (Å²) in [5.41, 5.74) is 13.3. The van der Waals surface area contributed by atoms with E-state index >= 15 is 0 Å². The molecular weight excluding hydrogens is 697 g/mol. The molecule has 0 bridgehead atoms. The zero-order chi connectivity index (χ0) is 38.1. The van der Waals surface area contributed by atoms with Crippen molar-refractivity contribution in [2.24, 2.45) is 0 Å². The van der Waals surface area contributed by atoms with Crippen molar-refractivity contribution in [3.05, 3.63) is 200 Å². The molecule has 2 aromatic heterocycles. The summed E-state index contributed by atoms with van der Waals surface area (Å²) in [6.45, 7) is 0. The van der Waals surface area contributed by atoms with E-state index in [1.54, 1.807) is 0 Å². The average Bonchev–Trinajstić information content (AvgIpc) is 3.68. The number of fused-ring (bicyclic) bond motifs is 3. The molecule has 0 amide bonds. The van der Waals surface area contributed by atoms with Crippen LogP contribution < -0.4 is 0 Å². The van der Waals surface area contributed by atoms with E-state index < -0.39 is 0 Å². The molecule has 0 saturated carbocycles. The van der Waals surface area contributed by atoms with Crippen LogP contribution in [0.4, 0.5) is 0 Å². The molecule has 0 radical (unpaired) electrons. The number of rotatable bonds is 7. The summed E-state index contributed by atoms with van der Waals surface area (Å²) in [5, 5.41) is 11.7. The standard InChI is InChI=1S/C52H32N4O/c53-33-34-13-10-20-38(29-34)40-25-27-44(46(31-40)36-16-6-2-7-17-36)52-55-50(37-18-8-3-9-19-37)54-51(56-52)42-26-28-45-48(32-42)57-47-24-12-23-43(49(45)47)41-22-11-21-39(30-41)35-14-4-1-5-15-35/h1-32H. The third-order valence-electron chi connectivity index (χ3n) is 10.4. The van der Waals surface area contributed by atoms with Crippen LogP contribution in [0.25, 0.3) is 101 Å². The number of benzene rings is 8. The van der Waals surface area contributed by atoms with Gasteiger partial charge in [-0.05, 0) is 93.0 Å². The van der Waals surface area contributed by atoms with Gasteiger partial charge in [-0.15, -0.1) is 0 Å². The van der Waals surface area contributed by atoms with Gasteiger partial charge in [-0.25, -0.2) is 15.0 Å². The van der Waals surface area contributed by atoms with Crippen molar-refractivity contribution in [1.29, 1.82) is 5.26 Å². The Balaban J connectivity index is 1.12. The molecule has 10 aromatic rings. The summed E-state index contributed by atoms with van der Waals surface area (Å²) in [7, 11) is 0. The Morgan fingerprint density at radius 1 is 0.351 bits per heavy atom. The largest absolute Gasteiger partial charge is 0.456 e. The smallest absolute Gasteiger partial charge is 0.164 e. The summed E-state index contributed by atoms with van der Waals surface area (Å²) in [6, 6.07) is 68.1. The van der Waals surface area contributed by atoms with Gasteiger partial charge in [0.2, 0.25) is 0 Å². The maximum absolute atomic E-state index is 9.60. The minimum absolute atomic E-state index is 0.543. The van der Waals surface area contributed by atoms with E-state index in [2.05, 4.69) is 109 Å². The third kappa shape index (κ3) is 6.42. The number of hydrogen-bond donors (Lipinski definition) is 0. The fourth-order valence-corrected chi connectivity index (χ4v) is 7.59. The van der Waals surface area contributed by atoms with Crippen LogP contribution in [0.2, 0.25) is 0 Å². The SMILES string of the molecule is N#Cc1cccc(-c2ccc(-c3nc(-c4ccccc4)nc(-c4ccc5c(c4)oc4cccc(-c6cccc(-c7ccccc7)c6)c45)n3)c(-c3ccccc3)c2)c1. The Kier molecular flexibility index (Phi) is 8.48. The first-order chi connectivity index (χ1) is 28.2. The molecule has 0 spiro atoms. The van der Waals surface area contributed by atoms with Crippen LogP contribution in [0.15, 0.2) is 199 Å². The molecule has 266 valence electrons. The summed E-state index contributed by atoms with van der Waals surface area (Å²) >= 11 is 0. The molecule has 0 aliphatic rings. The summed E-state index contributed by atoms with van der Waals surface area (Å²) in [5.74, 6) is 1.67. The fourth-order valence-electron chi connectivity index (χ4n) is 7.59. The van der Waals surface area contributed by atoms with E-state index in [1.165, 1.54) is 11.1 Å². The van der Waals surface area contributed by atoms with E-state index in [-0.39, 0.29) is 0 Å². The quantitative estimate of drug-likeness (QED) is 0.163. The van der Waals surface area contributed by atoms with E-state index in [9.17, 15) is 5.26 Å². The van der Waals surface area contributed by atoms with Crippen LogP contribution in [0, 0.1) is 11.3 Å². The number of hydrogen-bond acceptors (Lipinski definition) is 5. The molecule has 0 unspecified atom stereocenters. The van der Waals surface area contributed by atoms with Crippen molar-refractivity contribution < 1.29 is 4.42 Å². The van der Waals surface area contributed by atoms with Crippen LogP contribution in [0.3, 0.4) is 0 Å². The van der Waals surface area contributed by atoms with Gasteiger partial charge in [-0.2, -0.15) is 5.26 Å². The van der Waals surface area contributed by atoms with Crippen LogP contribution in [0.1, 0.15) is 5.56 Å². The number of nitriles is 1. The van der Waals surface area contributed by atoms with Gasteiger partial charge in [-0.1, -0.05) is 146 Å². The van der Waals surface area contributed by atoms with Gasteiger partial charge in [0.05, 0.1) is 11.6 Å². The predicted octanol–water partition coefficient (Wildman–Crippen LogP) is 13.3. The third-order valence-corrected chi connectivity index (χ3v) is 10.4. The van der Waals surface area contributed by atoms with Gasteiger partial charge in [0.1, 0.15) is 11.2 Å². The Bertz CT molecular complexity index is 3130. The Morgan fingerprint density at radius 2 is 0.930 bits per heavy atom. The Morgan fingerprint density at radius 3 is 1.68 bits per heavy atom. The lowest BCUT2D eigenvalue weighted by Gasteiger charge is -2.14. The van der Waals surface area contributed by atoms with Gasteiger partial charge >= 0.3 is 0 Å². The summed E-state index contributed by atoms with van der Waals surface area (Å²) < 4.78 is 6.58. The number of aromatic nitrogens is 3. The molecule has 2 heterocycles. The van der Waals surface area contributed by atoms with E-state index in [0.717, 1.165) is 72.0 Å². The van der Waals surface area contributed by atoms with E-state index in [1.807, 2.05) is 91.0 Å². The van der Waals surface area contributed by atoms with Crippen LogP contribution in [-0.2, 0) is 0 Å². The van der Waals surface area contributed by atoms with E-state index in [4.69, 9.17) is 19.4 Å². The zero-order valence-electron chi connectivity index (χ0n) is 30.7. The molecule has 0 aliphatic heterocycles. The maximum Gasteiger partial charge on any atom is 0.164 e. The van der Waals surface area contributed by atoms with Crippen LogP contribution >= 0.6 is 0 Å².